The van der Waals surface area contributed by atoms with E-state index in [-0.39, 0.29) is 18.4 Å². The summed E-state index contributed by atoms with van der Waals surface area (Å²) in [6.07, 6.45) is 0. The van der Waals surface area contributed by atoms with Crippen molar-refractivity contribution in [2.24, 2.45) is 0 Å². The van der Waals surface area contributed by atoms with Gasteiger partial charge in [-0.15, -0.1) is 0 Å². The highest BCUT2D eigenvalue weighted by Crippen LogP contribution is 2.22. The van der Waals surface area contributed by atoms with Crippen LogP contribution in [0, 0.1) is 0 Å². The fourth-order valence-electron chi connectivity index (χ4n) is 1.99. The van der Waals surface area contributed by atoms with Crippen LogP contribution >= 0.6 is 35.0 Å². The molecule has 2 amide bonds. The number of carbonyl (C=O) groups is 2. The van der Waals surface area contributed by atoms with Gasteiger partial charge in [-0.3, -0.25) is 9.59 Å². The largest absolute Gasteiger partial charge is 0.354 e. The van der Waals surface area contributed by atoms with Gasteiger partial charge in [-0.25, -0.2) is 0 Å². The fraction of sp³-hybridized carbons (Fsp3) is 0.222. The van der Waals surface area contributed by atoms with Gasteiger partial charge in [-0.2, -0.15) is 11.8 Å². The molecule has 4 nitrogen and oxygen atoms in total. The second-order valence-corrected chi connectivity index (χ2v) is 7.12. The molecule has 0 saturated heterocycles. The van der Waals surface area contributed by atoms with E-state index >= 15 is 0 Å². The van der Waals surface area contributed by atoms with Crippen LogP contribution in [0.3, 0.4) is 0 Å². The summed E-state index contributed by atoms with van der Waals surface area (Å²) < 4.78 is 0. The smallest absolute Gasteiger partial charge is 0.251 e. The summed E-state index contributed by atoms with van der Waals surface area (Å²) in [5.41, 5.74) is 1.62. The average molecular weight is 397 g/mol. The molecule has 0 aliphatic heterocycles. The van der Waals surface area contributed by atoms with Crippen molar-refractivity contribution in [3.8, 4) is 0 Å². The number of thioether (sulfide) groups is 1. The molecule has 0 fully saturated rings. The Morgan fingerprint density at radius 1 is 0.960 bits per heavy atom. The second kappa shape index (κ2) is 10.3. The molecule has 25 heavy (non-hydrogen) atoms. The minimum absolute atomic E-state index is 0.0809. The summed E-state index contributed by atoms with van der Waals surface area (Å²) in [6, 6.07) is 14.7. The monoisotopic (exact) mass is 396 g/mol. The van der Waals surface area contributed by atoms with Crippen LogP contribution in [0.2, 0.25) is 10.0 Å². The van der Waals surface area contributed by atoms with Crippen molar-refractivity contribution < 1.29 is 9.59 Å². The van der Waals surface area contributed by atoms with Gasteiger partial charge >= 0.3 is 0 Å². The molecule has 2 aromatic rings. The molecule has 0 spiro atoms. The van der Waals surface area contributed by atoms with Gasteiger partial charge in [0.1, 0.15) is 0 Å². The zero-order chi connectivity index (χ0) is 18.1. The number of carbonyl (C=O) groups excluding carboxylic acids is 2. The highest BCUT2D eigenvalue weighted by molar-refractivity contribution is 7.98. The van der Waals surface area contributed by atoms with Gasteiger partial charge in [0.2, 0.25) is 5.91 Å². The molecule has 132 valence electrons. The van der Waals surface area contributed by atoms with E-state index in [1.165, 1.54) is 11.6 Å². The number of hydrogen-bond acceptors (Lipinski definition) is 3. The molecule has 2 N–H and O–H groups in total. The number of hydrogen-bond donors (Lipinski definition) is 2. The van der Waals surface area contributed by atoms with Gasteiger partial charge in [-0.1, -0.05) is 53.5 Å². The standard InChI is InChI=1S/C18H18Cl2N2O2S/c19-15-7-6-14(10-16(15)20)18(24)22-11-17(23)21-8-9-25-12-13-4-2-1-3-5-13/h1-7,10H,8-9,11-12H2,(H,21,23)(H,22,24). The minimum atomic E-state index is -0.368. The van der Waals surface area contributed by atoms with Gasteiger partial charge < -0.3 is 10.6 Å². The molecule has 2 rings (SSSR count). The summed E-state index contributed by atoms with van der Waals surface area (Å²) in [5.74, 6) is 1.12. The lowest BCUT2D eigenvalue weighted by atomic mass is 10.2. The third kappa shape index (κ3) is 6.98. The maximum atomic E-state index is 11.9. The zero-order valence-electron chi connectivity index (χ0n) is 13.4. The molecule has 0 unspecified atom stereocenters. The first-order valence-corrected chi connectivity index (χ1v) is 9.59. The molecule has 0 aromatic heterocycles. The first-order chi connectivity index (χ1) is 12.1. The molecule has 0 atom stereocenters. The molecule has 0 aliphatic rings. The molecular weight excluding hydrogens is 379 g/mol. The zero-order valence-corrected chi connectivity index (χ0v) is 15.8. The van der Waals surface area contributed by atoms with Crippen LogP contribution in [0.4, 0.5) is 0 Å². The van der Waals surface area contributed by atoms with Gasteiger partial charge in [0.25, 0.3) is 5.91 Å². The van der Waals surface area contributed by atoms with Crippen molar-refractivity contribution in [2.45, 2.75) is 5.75 Å². The lowest BCUT2D eigenvalue weighted by Crippen LogP contribution is -2.37. The van der Waals surface area contributed by atoms with Crippen LogP contribution < -0.4 is 10.6 Å². The average Bonchev–Trinajstić information content (AvgIpc) is 2.62. The SMILES string of the molecule is O=C(CNC(=O)c1ccc(Cl)c(Cl)c1)NCCSCc1ccccc1. The normalized spacial score (nSPS) is 10.3. The third-order valence-electron chi connectivity index (χ3n) is 3.27. The molecule has 0 aliphatic carbocycles. The topological polar surface area (TPSA) is 58.2 Å². The highest BCUT2D eigenvalue weighted by atomic mass is 35.5. The summed E-state index contributed by atoms with van der Waals surface area (Å²) in [4.78, 5) is 23.7. The van der Waals surface area contributed by atoms with E-state index < -0.39 is 0 Å². The van der Waals surface area contributed by atoms with Crippen LogP contribution in [0.1, 0.15) is 15.9 Å². The lowest BCUT2D eigenvalue weighted by Gasteiger charge is -2.08. The Balaban J connectivity index is 1.61. The van der Waals surface area contributed by atoms with Crippen molar-refractivity contribution in [2.75, 3.05) is 18.8 Å². The Bertz CT molecular complexity index is 726. The van der Waals surface area contributed by atoms with Crippen LogP contribution in [-0.4, -0.2) is 30.7 Å². The van der Waals surface area contributed by atoms with E-state index in [9.17, 15) is 9.59 Å². The maximum absolute atomic E-state index is 11.9. The molecule has 0 heterocycles. The number of amides is 2. The van der Waals surface area contributed by atoms with Crippen molar-refractivity contribution in [3.05, 3.63) is 69.7 Å². The number of benzene rings is 2. The van der Waals surface area contributed by atoms with E-state index in [0.717, 1.165) is 11.5 Å². The van der Waals surface area contributed by atoms with Crippen LogP contribution in [0.25, 0.3) is 0 Å². The molecule has 0 radical (unpaired) electrons. The van der Waals surface area contributed by atoms with E-state index in [1.54, 1.807) is 23.9 Å². The lowest BCUT2D eigenvalue weighted by molar-refractivity contribution is -0.120. The van der Waals surface area contributed by atoms with Gasteiger partial charge in [0, 0.05) is 23.6 Å². The Labute approximate surface area is 161 Å². The highest BCUT2D eigenvalue weighted by Gasteiger charge is 2.09. The maximum Gasteiger partial charge on any atom is 0.251 e. The van der Waals surface area contributed by atoms with Crippen LogP contribution in [-0.2, 0) is 10.5 Å². The molecule has 2 aromatic carbocycles. The Kier molecular flexibility index (Phi) is 8.12. The number of nitrogens with one attached hydrogen (secondary N) is 2. The number of halogens is 2. The summed E-state index contributed by atoms with van der Waals surface area (Å²) in [5, 5.41) is 6.01. The molecular formula is C18H18Cl2N2O2S. The first kappa shape index (κ1) is 19.6. The quantitative estimate of drug-likeness (QED) is 0.667. The van der Waals surface area contributed by atoms with Crippen LogP contribution in [0.15, 0.2) is 48.5 Å². The van der Waals surface area contributed by atoms with Crippen molar-refractivity contribution in [1.29, 1.82) is 0 Å². The van der Waals surface area contributed by atoms with Crippen molar-refractivity contribution in [1.82, 2.24) is 10.6 Å². The second-order valence-electron chi connectivity index (χ2n) is 5.20. The van der Waals surface area contributed by atoms with Gasteiger partial charge in [-0.05, 0) is 23.8 Å². The Morgan fingerprint density at radius 3 is 2.44 bits per heavy atom. The molecule has 0 saturated carbocycles. The Hall–Kier alpha value is -1.69. The first-order valence-electron chi connectivity index (χ1n) is 7.68. The van der Waals surface area contributed by atoms with E-state index in [2.05, 4.69) is 22.8 Å². The minimum Gasteiger partial charge on any atom is -0.354 e. The Morgan fingerprint density at radius 2 is 1.72 bits per heavy atom. The summed E-state index contributed by atoms with van der Waals surface area (Å²) in [6.45, 7) is 0.474. The molecule has 0 bridgehead atoms. The van der Waals surface area contributed by atoms with Crippen molar-refractivity contribution >= 4 is 46.8 Å². The third-order valence-corrected chi connectivity index (χ3v) is 5.04. The van der Waals surface area contributed by atoms with E-state index in [0.29, 0.717) is 22.2 Å². The predicted octanol–water partition coefficient (Wildman–Crippen LogP) is 3.77. The van der Waals surface area contributed by atoms with E-state index in [4.69, 9.17) is 23.2 Å². The van der Waals surface area contributed by atoms with Crippen LogP contribution in [0.5, 0.6) is 0 Å². The van der Waals surface area contributed by atoms with Crippen molar-refractivity contribution in [3.63, 3.8) is 0 Å². The van der Waals surface area contributed by atoms with Gasteiger partial charge in [0.05, 0.1) is 16.6 Å². The number of rotatable bonds is 8. The molecule has 7 heteroatoms. The predicted molar refractivity (Wildman–Crippen MR) is 104 cm³/mol. The van der Waals surface area contributed by atoms with Gasteiger partial charge in [0.15, 0.2) is 0 Å². The summed E-state index contributed by atoms with van der Waals surface area (Å²) in [7, 11) is 0. The fourth-order valence-corrected chi connectivity index (χ4v) is 3.11. The summed E-state index contributed by atoms with van der Waals surface area (Å²) >= 11 is 13.4. The van der Waals surface area contributed by atoms with E-state index in [1.807, 2.05) is 18.2 Å².